The van der Waals surface area contributed by atoms with E-state index in [-0.39, 0.29) is 11.8 Å². The largest absolute Gasteiger partial charge is 0.282 e. The number of hydrogen-bond donors (Lipinski definition) is 0. The van der Waals surface area contributed by atoms with Crippen LogP contribution in [-0.2, 0) is 0 Å². The minimum Gasteiger partial charge on any atom is -0.267 e. The lowest BCUT2D eigenvalue weighted by Crippen LogP contribution is -2.23. The van der Waals surface area contributed by atoms with Crippen LogP contribution < -0.4 is 0 Å². The van der Waals surface area contributed by atoms with Gasteiger partial charge < -0.3 is 0 Å². The smallest absolute Gasteiger partial charge is 0.267 e. The first kappa shape index (κ1) is 12.2. The number of hydrogen-bond acceptors (Lipinski definition) is 3. The molecule has 4 nitrogen and oxygen atoms in total. The Morgan fingerprint density at radius 3 is 2.33 bits per heavy atom. The van der Waals surface area contributed by atoms with Crippen LogP contribution in [-0.4, -0.2) is 23.0 Å². The second kappa shape index (κ2) is 5.40. The van der Waals surface area contributed by atoms with E-state index in [9.17, 15) is 9.59 Å². The molecule has 1 aliphatic rings. The Morgan fingerprint density at radius 2 is 1.78 bits per heavy atom. The molecular formula is C14H14N2O2. The maximum absolute atomic E-state index is 11.9. The van der Waals surface area contributed by atoms with Crippen LogP contribution in [0.1, 0.15) is 40.5 Å². The Hall–Kier alpha value is -2.23. The zero-order valence-corrected chi connectivity index (χ0v) is 10.2. The zero-order chi connectivity index (χ0) is 13.0. The minimum absolute atomic E-state index is 0.365. The van der Waals surface area contributed by atoms with Crippen molar-refractivity contribution in [3.63, 3.8) is 0 Å². The molecule has 2 rings (SSSR count). The van der Waals surface area contributed by atoms with Gasteiger partial charge in [0, 0.05) is 6.21 Å². The molecule has 2 amide bonds. The molecule has 0 radical (unpaired) electrons. The van der Waals surface area contributed by atoms with Crippen molar-refractivity contribution in [2.75, 3.05) is 0 Å². The highest BCUT2D eigenvalue weighted by Crippen LogP contribution is 2.22. The van der Waals surface area contributed by atoms with E-state index in [1.54, 1.807) is 30.3 Å². The highest BCUT2D eigenvalue weighted by molar-refractivity contribution is 6.21. The predicted octanol–water partition coefficient (Wildman–Crippen LogP) is 2.62. The van der Waals surface area contributed by atoms with E-state index < -0.39 is 0 Å². The molecule has 92 valence electrons. The summed E-state index contributed by atoms with van der Waals surface area (Å²) in [6.45, 7) is 2.08. The van der Waals surface area contributed by atoms with Crippen molar-refractivity contribution >= 4 is 18.0 Å². The van der Waals surface area contributed by atoms with E-state index in [0.717, 1.165) is 17.9 Å². The fourth-order valence-corrected chi connectivity index (χ4v) is 1.71. The number of hydrazone groups is 1. The van der Waals surface area contributed by atoms with Crippen LogP contribution in [0.2, 0.25) is 0 Å². The number of allylic oxidation sites excluding steroid dienone is 2. The summed E-state index contributed by atoms with van der Waals surface area (Å²) in [5.41, 5.74) is 0.828. The molecule has 0 saturated carbocycles. The van der Waals surface area contributed by atoms with Gasteiger partial charge in [-0.3, -0.25) is 9.59 Å². The topological polar surface area (TPSA) is 49.7 Å². The molecule has 1 aromatic rings. The Bertz CT molecular complexity index is 497. The van der Waals surface area contributed by atoms with Crippen molar-refractivity contribution in [1.82, 2.24) is 5.01 Å². The summed E-state index contributed by atoms with van der Waals surface area (Å²) in [6.07, 6.45) is 7.16. The molecule has 1 heterocycles. The highest BCUT2D eigenvalue weighted by atomic mass is 16.2. The summed E-state index contributed by atoms with van der Waals surface area (Å²) < 4.78 is 0. The molecule has 0 aromatic heterocycles. The summed E-state index contributed by atoms with van der Waals surface area (Å²) in [6, 6.07) is 6.74. The van der Waals surface area contributed by atoms with Gasteiger partial charge in [0.15, 0.2) is 0 Å². The molecule has 0 unspecified atom stereocenters. The van der Waals surface area contributed by atoms with Crippen molar-refractivity contribution in [1.29, 1.82) is 0 Å². The molecule has 1 aliphatic heterocycles. The third kappa shape index (κ3) is 2.22. The third-order valence-corrected chi connectivity index (χ3v) is 2.63. The first-order chi connectivity index (χ1) is 8.75. The van der Waals surface area contributed by atoms with E-state index in [1.807, 2.05) is 6.08 Å². The number of unbranched alkanes of at least 4 members (excludes halogenated alkanes) is 1. The van der Waals surface area contributed by atoms with Crippen LogP contribution in [0.4, 0.5) is 0 Å². The lowest BCUT2D eigenvalue weighted by molar-refractivity contribution is 0.0660. The van der Waals surface area contributed by atoms with Crippen LogP contribution >= 0.6 is 0 Å². The Balaban J connectivity index is 2.14. The lowest BCUT2D eigenvalue weighted by Gasteiger charge is -2.03. The second-order valence-electron chi connectivity index (χ2n) is 3.95. The summed E-state index contributed by atoms with van der Waals surface area (Å²) in [5.74, 6) is -0.730. The summed E-state index contributed by atoms with van der Waals surface area (Å²) >= 11 is 0. The SMILES string of the molecule is CCC/C=C/C=N/N1C(=O)c2ccccc2C1=O. The maximum atomic E-state index is 11.9. The monoisotopic (exact) mass is 242 g/mol. The van der Waals surface area contributed by atoms with E-state index in [4.69, 9.17) is 0 Å². The number of benzene rings is 1. The number of fused-ring (bicyclic) bond motifs is 1. The number of imide groups is 1. The Kier molecular flexibility index (Phi) is 3.67. The van der Waals surface area contributed by atoms with E-state index in [0.29, 0.717) is 11.1 Å². The standard InChI is InChI=1S/C14H14N2O2/c1-2-3-4-7-10-15-16-13(17)11-8-5-6-9-12(11)14(16)18/h4-10H,2-3H2,1H3/b7-4+,15-10+. The molecule has 0 saturated heterocycles. The van der Waals surface area contributed by atoms with Crippen molar-refractivity contribution < 1.29 is 9.59 Å². The predicted molar refractivity (Wildman–Crippen MR) is 69.5 cm³/mol. The maximum Gasteiger partial charge on any atom is 0.282 e. The van der Waals surface area contributed by atoms with Crippen molar-refractivity contribution in [2.45, 2.75) is 19.8 Å². The molecular weight excluding hydrogens is 228 g/mol. The molecule has 4 heteroatoms. The van der Waals surface area contributed by atoms with Crippen LogP contribution in [0.25, 0.3) is 0 Å². The summed E-state index contributed by atoms with van der Waals surface area (Å²) in [5, 5.41) is 4.80. The Labute approximate surface area is 106 Å². The molecule has 18 heavy (non-hydrogen) atoms. The molecule has 0 N–H and O–H groups in total. The van der Waals surface area contributed by atoms with Gasteiger partial charge in [-0.1, -0.05) is 31.6 Å². The number of rotatable bonds is 4. The average Bonchev–Trinajstić information content (AvgIpc) is 2.64. The van der Waals surface area contributed by atoms with Crippen molar-refractivity contribution in [3.8, 4) is 0 Å². The van der Waals surface area contributed by atoms with E-state index in [2.05, 4.69) is 12.0 Å². The fourth-order valence-electron chi connectivity index (χ4n) is 1.71. The van der Waals surface area contributed by atoms with Gasteiger partial charge in [-0.25, -0.2) is 0 Å². The Morgan fingerprint density at radius 1 is 1.17 bits per heavy atom. The molecule has 0 bridgehead atoms. The number of carbonyl (C=O) groups excluding carboxylic acids is 2. The van der Waals surface area contributed by atoms with Crippen molar-refractivity contribution in [3.05, 3.63) is 47.5 Å². The first-order valence-corrected chi connectivity index (χ1v) is 5.92. The summed E-state index contributed by atoms with van der Waals surface area (Å²) in [4.78, 5) is 23.8. The van der Waals surface area contributed by atoms with Crippen LogP contribution in [0, 0.1) is 0 Å². The van der Waals surface area contributed by atoms with Gasteiger partial charge in [-0.05, 0) is 24.6 Å². The number of amides is 2. The van der Waals surface area contributed by atoms with Crippen LogP contribution in [0.15, 0.2) is 41.5 Å². The summed E-state index contributed by atoms with van der Waals surface area (Å²) in [7, 11) is 0. The molecule has 0 aliphatic carbocycles. The number of carbonyl (C=O) groups is 2. The van der Waals surface area contributed by atoms with Gasteiger partial charge in [-0.2, -0.15) is 10.1 Å². The lowest BCUT2D eigenvalue weighted by atomic mass is 10.1. The zero-order valence-electron chi connectivity index (χ0n) is 10.2. The van der Waals surface area contributed by atoms with Gasteiger partial charge in [0.1, 0.15) is 0 Å². The molecule has 0 fully saturated rings. The third-order valence-electron chi connectivity index (χ3n) is 2.63. The van der Waals surface area contributed by atoms with Gasteiger partial charge in [0.2, 0.25) is 0 Å². The highest BCUT2D eigenvalue weighted by Gasteiger charge is 2.34. The van der Waals surface area contributed by atoms with Crippen molar-refractivity contribution in [2.24, 2.45) is 5.10 Å². The fraction of sp³-hybridized carbons (Fsp3) is 0.214. The molecule has 0 spiro atoms. The van der Waals surface area contributed by atoms with Crippen LogP contribution in [0.3, 0.4) is 0 Å². The first-order valence-electron chi connectivity index (χ1n) is 5.92. The van der Waals surface area contributed by atoms with E-state index >= 15 is 0 Å². The van der Waals surface area contributed by atoms with Gasteiger partial charge in [-0.15, -0.1) is 0 Å². The molecule has 0 atom stereocenters. The van der Waals surface area contributed by atoms with Gasteiger partial charge in [0.25, 0.3) is 11.8 Å². The van der Waals surface area contributed by atoms with E-state index in [1.165, 1.54) is 6.21 Å². The van der Waals surface area contributed by atoms with Gasteiger partial charge >= 0.3 is 0 Å². The molecule has 1 aromatic carbocycles. The quantitative estimate of drug-likeness (QED) is 0.602. The minimum atomic E-state index is -0.365. The van der Waals surface area contributed by atoms with Gasteiger partial charge in [0.05, 0.1) is 11.1 Å². The second-order valence-corrected chi connectivity index (χ2v) is 3.95. The number of nitrogens with zero attached hydrogens (tertiary/aromatic N) is 2. The average molecular weight is 242 g/mol. The van der Waals surface area contributed by atoms with Crippen LogP contribution in [0.5, 0.6) is 0 Å². The normalized spacial score (nSPS) is 15.1.